The first kappa shape index (κ1) is 13.9. The van der Waals surface area contributed by atoms with Crippen LogP contribution >= 0.6 is 11.6 Å². The first-order valence-electron chi connectivity index (χ1n) is 6.47. The summed E-state index contributed by atoms with van der Waals surface area (Å²) in [5.41, 5.74) is 7.11. The summed E-state index contributed by atoms with van der Waals surface area (Å²) in [7, 11) is 0. The average Bonchev–Trinajstić information content (AvgIpc) is 2.64. The van der Waals surface area contributed by atoms with Crippen molar-refractivity contribution >= 4 is 23.5 Å². The molecule has 3 amide bonds. The quantitative estimate of drug-likeness (QED) is 0.774. The largest absolute Gasteiger partial charge is 0.369 e. The number of carbonyl (C=O) groups is 2. The molecule has 1 aliphatic carbocycles. The fourth-order valence-corrected chi connectivity index (χ4v) is 2.68. The molecule has 0 spiro atoms. The van der Waals surface area contributed by atoms with Crippen molar-refractivity contribution in [3.05, 3.63) is 23.5 Å². The molecule has 5 nitrogen and oxygen atoms in total. The number of nitrogens with two attached hydrogens (primary N) is 1. The van der Waals surface area contributed by atoms with Crippen LogP contribution in [0.15, 0.2) is 23.5 Å². The van der Waals surface area contributed by atoms with Gasteiger partial charge in [-0.25, -0.2) is 4.79 Å². The number of urea groups is 1. The summed E-state index contributed by atoms with van der Waals surface area (Å²) in [4.78, 5) is 25.1. The number of nitrogens with zero attached hydrogens (tertiary/aromatic N) is 1. The Morgan fingerprint density at radius 2 is 2.32 bits per heavy atom. The van der Waals surface area contributed by atoms with Gasteiger partial charge in [-0.3, -0.25) is 9.69 Å². The molecule has 1 heterocycles. The van der Waals surface area contributed by atoms with Crippen molar-refractivity contribution < 1.29 is 9.59 Å². The fourth-order valence-electron chi connectivity index (χ4n) is 2.49. The van der Waals surface area contributed by atoms with Gasteiger partial charge >= 0.3 is 6.03 Å². The third-order valence-electron chi connectivity index (χ3n) is 3.51. The lowest BCUT2D eigenvalue weighted by atomic mass is 9.98. The molecule has 0 aromatic heterocycles. The minimum Gasteiger partial charge on any atom is -0.369 e. The van der Waals surface area contributed by atoms with Gasteiger partial charge in [-0.05, 0) is 30.9 Å². The van der Waals surface area contributed by atoms with Crippen LogP contribution in [0.1, 0.15) is 25.7 Å². The van der Waals surface area contributed by atoms with Crippen LogP contribution in [0.4, 0.5) is 4.79 Å². The summed E-state index contributed by atoms with van der Waals surface area (Å²) in [5.74, 6) is -0.419. The van der Waals surface area contributed by atoms with Crippen molar-refractivity contribution in [1.82, 2.24) is 10.2 Å². The van der Waals surface area contributed by atoms with E-state index in [1.807, 2.05) is 6.08 Å². The van der Waals surface area contributed by atoms with Crippen LogP contribution < -0.4 is 11.1 Å². The van der Waals surface area contributed by atoms with Crippen LogP contribution in [0.3, 0.4) is 0 Å². The first-order valence-corrected chi connectivity index (χ1v) is 7.01. The van der Waals surface area contributed by atoms with Gasteiger partial charge < -0.3 is 11.1 Å². The lowest BCUT2D eigenvalue weighted by Gasteiger charge is -2.20. The van der Waals surface area contributed by atoms with E-state index in [1.165, 1.54) is 4.90 Å². The van der Waals surface area contributed by atoms with Crippen molar-refractivity contribution in [2.75, 3.05) is 12.4 Å². The number of allylic oxidation sites excluding steroid dienone is 2. The van der Waals surface area contributed by atoms with E-state index in [0.29, 0.717) is 24.5 Å². The number of nitrogens with one attached hydrogen (secondary N) is 1. The number of hydrogen-bond acceptors (Lipinski definition) is 2. The Morgan fingerprint density at radius 3 is 3.00 bits per heavy atom. The average molecular weight is 284 g/mol. The molecule has 6 heteroatoms. The summed E-state index contributed by atoms with van der Waals surface area (Å²) in [6.45, 7) is 0.436. The molecule has 0 saturated heterocycles. The van der Waals surface area contributed by atoms with Crippen molar-refractivity contribution in [3.8, 4) is 0 Å². The van der Waals surface area contributed by atoms with E-state index in [0.717, 1.165) is 24.8 Å². The second-order valence-electron chi connectivity index (χ2n) is 4.77. The van der Waals surface area contributed by atoms with Crippen molar-refractivity contribution in [3.63, 3.8) is 0 Å². The first-order chi connectivity index (χ1) is 9.13. The zero-order chi connectivity index (χ0) is 13.8. The standard InChI is InChI=1S/C13H18ClN3O2/c14-6-8-17-7-5-9-3-1-2-4-10(12(15)18)11(9)16-13(17)19/h5,7,10H,1-4,6,8H2,(H2,15,18)(H,16,19)/t10-/m1/s1. The normalized spacial score (nSPS) is 23.5. The SMILES string of the molecule is NC(=O)[C@@H]1CCCCC2=C1NC(=O)N(CCCl)C=C2. The molecule has 0 saturated carbocycles. The van der Waals surface area contributed by atoms with Gasteiger partial charge in [-0.15, -0.1) is 11.6 Å². The number of alkyl halides is 1. The molecule has 19 heavy (non-hydrogen) atoms. The van der Waals surface area contributed by atoms with Crippen molar-refractivity contribution in [2.45, 2.75) is 25.7 Å². The second-order valence-corrected chi connectivity index (χ2v) is 5.15. The van der Waals surface area contributed by atoms with E-state index in [2.05, 4.69) is 5.32 Å². The summed E-state index contributed by atoms with van der Waals surface area (Å²) < 4.78 is 0. The van der Waals surface area contributed by atoms with Gasteiger partial charge in [-0.2, -0.15) is 0 Å². The topological polar surface area (TPSA) is 75.4 Å². The zero-order valence-electron chi connectivity index (χ0n) is 10.7. The summed E-state index contributed by atoms with van der Waals surface area (Å²) in [6, 6.07) is -0.255. The van der Waals surface area contributed by atoms with Crippen molar-refractivity contribution in [1.29, 1.82) is 0 Å². The van der Waals surface area contributed by atoms with Crippen LogP contribution in [-0.2, 0) is 4.79 Å². The van der Waals surface area contributed by atoms with Gasteiger partial charge in [-0.1, -0.05) is 6.42 Å². The fraction of sp³-hybridized carbons (Fsp3) is 0.538. The Kier molecular flexibility index (Phi) is 4.47. The predicted molar refractivity (Wildman–Crippen MR) is 73.3 cm³/mol. The van der Waals surface area contributed by atoms with Crippen molar-refractivity contribution in [2.24, 2.45) is 11.7 Å². The molecule has 0 aromatic rings. The minimum atomic E-state index is -0.401. The Bertz CT molecular complexity index is 445. The summed E-state index contributed by atoms with van der Waals surface area (Å²) in [6.07, 6.45) is 7.10. The van der Waals surface area contributed by atoms with E-state index < -0.39 is 5.92 Å². The molecule has 0 radical (unpaired) electrons. The molecule has 0 fully saturated rings. The van der Waals surface area contributed by atoms with E-state index in [4.69, 9.17) is 17.3 Å². The molecule has 3 N–H and O–H groups in total. The highest BCUT2D eigenvalue weighted by Crippen LogP contribution is 2.29. The number of rotatable bonds is 3. The number of primary amides is 1. The monoisotopic (exact) mass is 283 g/mol. The number of carbonyl (C=O) groups excluding carboxylic acids is 2. The predicted octanol–water partition coefficient (Wildman–Crippen LogP) is 1.69. The van der Waals surface area contributed by atoms with E-state index in [1.54, 1.807) is 6.20 Å². The lowest BCUT2D eigenvalue weighted by Crippen LogP contribution is -2.40. The highest BCUT2D eigenvalue weighted by molar-refractivity contribution is 6.18. The molecule has 1 atom stereocenters. The van der Waals surface area contributed by atoms with Gasteiger partial charge in [0.25, 0.3) is 0 Å². The third-order valence-corrected chi connectivity index (χ3v) is 3.68. The number of hydrogen-bond donors (Lipinski definition) is 2. The van der Waals surface area contributed by atoms with Crippen LogP contribution in [0.25, 0.3) is 0 Å². The molecule has 0 aromatic carbocycles. The number of amides is 3. The van der Waals surface area contributed by atoms with Crippen LogP contribution in [0.5, 0.6) is 0 Å². The number of halogens is 1. The molecular weight excluding hydrogens is 266 g/mol. The molecule has 104 valence electrons. The maximum absolute atomic E-state index is 12.1. The van der Waals surface area contributed by atoms with E-state index >= 15 is 0 Å². The van der Waals surface area contributed by atoms with E-state index in [9.17, 15) is 9.59 Å². The lowest BCUT2D eigenvalue weighted by molar-refractivity contribution is -0.121. The zero-order valence-corrected chi connectivity index (χ0v) is 11.4. The smallest absolute Gasteiger partial charge is 0.325 e. The van der Waals surface area contributed by atoms with Gasteiger partial charge in [0.2, 0.25) is 5.91 Å². The summed E-state index contributed by atoms with van der Waals surface area (Å²) >= 11 is 5.67. The van der Waals surface area contributed by atoms with Gasteiger partial charge in [0.15, 0.2) is 0 Å². The van der Waals surface area contributed by atoms with Crippen LogP contribution in [0.2, 0.25) is 0 Å². The Hall–Kier alpha value is -1.49. The minimum absolute atomic E-state index is 0.255. The second kappa shape index (κ2) is 6.10. The Morgan fingerprint density at radius 1 is 1.53 bits per heavy atom. The molecular formula is C13H18ClN3O2. The molecule has 2 rings (SSSR count). The van der Waals surface area contributed by atoms with Gasteiger partial charge in [0.1, 0.15) is 0 Å². The maximum atomic E-state index is 12.1. The highest BCUT2D eigenvalue weighted by Gasteiger charge is 2.29. The third kappa shape index (κ3) is 3.10. The van der Waals surface area contributed by atoms with E-state index in [-0.39, 0.29) is 11.9 Å². The van der Waals surface area contributed by atoms with Gasteiger partial charge in [0, 0.05) is 24.3 Å². The molecule has 1 aliphatic heterocycles. The molecule has 2 aliphatic rings. The van der Waals surface area contributed by atoms with Crippen LogP contribution in [0, 0.1) is 5.92 Å². The maximum Gasteiger partial charge on any atom is 0.325 e. The molecule has 0 unspecified atom stereocenters. The molecule has 0 bridgehead atoms. The van der Waals surface area contributed by atoms with Gasteiger partial charge in [0.05, 0.1) is 5.92 Å². The highest BCUT2D eigenvalue weighted by atomic mass is 35.5. The Labute approximate surface area is 117 Å². The summed E-state index contributed by atoms with van der Waals surface area (Å²) in [5, 5.41) is 2.83. The van der Waals surface area contributed by atoms with Crippen LogP contribution in [-0.4, -0.2) is 29.3 Å². The Balaban J connectivity index is 2.29.